The molecule has 1 unspecified atom stereocenters. The second-order valence-electron chi connectivity index (χ2n) is 8.05. The molecule has 21 heavy (non-hydrogen) atoms. The summed E-state index contributed by atoms with van der Waals surface area (Å²) in [6.07, 6.45) is 19.5. The average Bonchev–Trinajstić information content (AvgIpc) is 2.44. The van der Waals surface area contributed by atoms with E-state index in [1.165, 1.54) is 83.5 Å². The lowest BCUT2D eigenvalue weighted by Gasteiger charge is -2.46. The molecule has 0 aromatic carbocycles. The van der Waals surface area contributed by atoms with Crippen molar-refractivity contribution in [1.82, 2.24) is 0 Å². The summed E-state index contributed by atoms with van der Waals surface area (Å²) < 4.78 is 0. The molecule has 1 rings (SSSR count). The van der Waals surface area contributed by atoms with Gasteiger partial charge in [0.1, 0.15) is 0 Å². The van der Waals surface area contributed by atoms with Gasteiger partial charge >= 0.3 is 0 Å². The van der Waals surface area contributed by atoms with Crippen LogP contribution in [-0.4, -0.2) is 10.7 Å². The number of hydrogen-bond acceptors (Lipinski definition) is 1. The highest BCUT2D eigenvalue weighted by atomic mass is 16.3. The third-order valence-corrected chi connectivity index (χ3v) is 5.85. The molecule has 1 fully saturated rings. The Morgan fingerprint density at radius 1 is 0.714 bits per heavy atom. The molecule has 0 bridgehead atoms. The van der Waals surface area contributed by atoms with E-state index in [4.69, 9.17) is 0 Å². The van der Waals surface area contributed by atoms with Crippen LogP contribution in [0.4, 0.5) is 0 Å². The molecule has 0 heterocycles. The minimum absolute atomic E-state index is 0.129. The normalized spacial score (nSPS) is 25.1. The van der Waals surface area contributed by atoms with Gasteiger partial charge in [-0.2, -0.15) is 0 Å². The first-order chi connectivity index (χ1) is 10.0. The molecular weight excluding hydrogens is 256 g/mol. The topological polar surface area (TPSA) is 20.2 Å². The molecule has 0 spiro atoms. The maximum Gasteiger partial charge on any atom is 0.0698 e. The first kappa shape index (κ1) is 19.0. The van der Waals surface area contributed by atoms with Gasteiger partial charge in [0.05, 0.1) is 5.60 Å². The highest BCUT2D eigenvalue weighted by Gasteiger charge is 2.44. The smallest absolute Gasteiger partial charge is 0.0698 e. The van der Waals surface area contributed by atoms with Crippen molar-refractivity contribution in [2.75, 3.05) is 0 Å². The largest absolute Gasteiger partial charge is 0.389 e. The quantitative estimate of drug-likeness (QED) is 0.424. The third-order valence-electron chi connectivity index (χ3n) is 5.85. The molecule has 0 aromatic rings. The van der Waals surface area contributed by atoms with Gasteiger partial charge < -0.3 is 5.11 Å². The van der Waals surface area contributed by atoms with E-state index >= 15 is 0 Å². The zero-order chi connectivity index (χ0) is 15.6. The fraction of sp³-hybridized carbons (Fsp3) is 1.00. The Kier molecular flexibility index (Phi) is 8.94. The first-order valence-electron chi connectivity index (χ1n) is 9.74. The molecule has 126 valence electrons. The van der Waals surface area contributed by atoms with E-state index in [0.29, 0.717) is 0 Å². The predicted molar refractivity (Wildman–Crippen MR) is 93.7 cm³/mol. The van der Waals surface area contributed by atoms with Crippen molar-refractivity contribution in [1.29, 1.82) is 0 Å². The van der Waals surface area contributed by atoms with E-state index < -0.39 is 0 Å². The van der Waals surface area contributed by atoms with Gasteiger partial charge in [0.25, 0.3) is 0 Å². The SMILES string of the molecule is CCCCCCCCCCCCC1(O)CCCCC1(C)C. The Labute approximate surface area is 133 Å². The van der Waals surface area contributed by atoms with Crippen molar-refractivity contribution in [2.24, 2.45) is 5.41 Å². The van der Waals surface area contributed by atoms with Crippen molar-refractivity contribution in [3.05, 3.63) is 0 Å². The average molecular weight is 297 g/mol. The van der Waals surface area contributed by atoms with Gasteiger partial charge in [-0.15, -0.1) is 0 Å². The van der Waals surface area contributed by atoms with E-state index in [0.717, 1.165) is 12.8 Å². The summed E-state index contributed by atoms with van der Waals surface area (Å²) in [6.45, 7) is 6.81. The molecule has 0 aliphatic heterocycles. The van der Waals surface area contributed by atoms with Crippen LogP contribution in [0.25, 0.3) is 0 Å². The number of hydrogen-bond donors (Lipinski definition) is 1. The van der Waals surface area contributed by atoms with Gasteiger partial charge in [-0.05, 0) is 24.7 Å². The number of unbranched alkanes of at least 4 members (excludes halogenated alkanes) is 9. The molecule has 1 nitrogen and oxygen atoms in total. The summed E-state index contributed by atoms with van der Waals surface area (Å²) in [7, 11) is 0. The number of aliphatic hydroxyl groups is 1. The van der Waals surface area contributed by atoms with Crippen LogP contribution < -0.4 is 0 Å². The Morgan fingerprint density at radius 2 is 1.19 bits per heavy atom. The van der Waals surface area contributed by atoms with Crippen molar-refractivity contribution >= 4 is 0 Å². The van der Waals surface area contributed by atoms with Gasteiger partial charge in [0.15, 0.2) is 0 Å². The molecular formula is C20H40O. The van der Waals surface area contributed by atoms with E-state index in [9.17, 15) is 5.11 Å². The van der Waals surface area contributed by atoms with Gasteiger partial charge in [0, 0.05) is 0 Å². The molecule has 1 N–H and O–H groups in total. The standard InChI is InChI=1S/C20H40O/c1-4-5-6-7-8-9-10-11-12-13-17-20(21)18-15-14-16-19(20,2)3/h21H,4-18H2,1-3H3. The maximum atomic E-state index is 10.9. The molecule has 0 saturated heterocycles. The summed E-state index contributed by atoms with van der Waals surface area (Å²) in [5.41, 5.74) is -0.254. The Morgan fingerprint density at radius 3 is 1.71 bits per heavy atom. The van der Waals surface area contributed by atoms with Crippen molar-refractivity contribution in [3.8, 4) is 0 Å². The van der Waals surface area contributed by atoms with E-state index in [1.807, 2.05) is 0 Å². The summed E-state index contributed by atoms with van der Waals surface area (Å²) in [5.74, 6) is 0. The van der Waals surface area contributed by atoms with E-state index in [2.05, 4.69) is 20.8 Å². The molecule has 1 aliphatic carbocycles. The second kappa shape index (κ2) is 9.87. The van der Waals surface area contributed by atoms with Crippen LogP contribution in [0.2, 0.25) is 0 Å². The fourth-order valence-electron chi connectivity index (χ4n) is 3.92. The lowest BCUT2D eigenvalue weighted by molar-refractivity contribution is -0.103. The third kappa shape index (κ3) is 6.72. The summed E-state index contributed by atoms with van der Waals surface area (Å²) >= 11 is 0. The predicted octanol–water partition coefficient (Wildman–Crippen LogP) is 6.63. The molecule has 1 atom stereocenters. The van der Waals surface area contributed by atoms with Crippen LogP contribution in [0, 0.1) is 5.41 Å². The Bertz CT molecular complexity index is 259. The second-order valence-corrected chi connectivity index (χ2v) is 8.05. The van der Waals surface area contributed by atoms with Crippen LogP contribution in [0.1, 0.15) is 117 Å². The van der Waals surface area contributed by atoms with Gasteiger partial charge in [-0.25, -0.2) is 0 Å². The van der Waals surface area contributed by atoms with Crippen molar-refractivity contribution in [2.45, 2.75) is 123 Å². The zero-order valence-electron chi connectivity index (χ0n) is 15.1. The number of rotatable bonds is 11. The first-order valence-corrected chi connectivity index (χ1v) is 9.74. The van der Waals surface area contributed by atoms with Gasteiger partial charge in [-0.1, -0.05) is 97.8 Å². The van der Waals surface area contributed by atoms with Crippen LogP contribution in [0.15, 0.2) is 0 Å². The van der Waals surface area contributed by atoms with Gasteiger partial charge in [-0.3, -0.25) is 0 Å². The maximum absolute atomic E-state index is 10.9. The van der Waals surface area contributed by atoms with Crippen LogP contribution in [0.3, 0.4) is 0 Å². The molecule has 1 saturated carbocycles. The summed E-state index contributed by atoms with van der Waals surface area (Å²) in [5, 5.41) is 10.9. The van der Waals surface area contributed by atoms with Crippen LogP contribution in [0.5, 0.6) is 0 Å². The molecule has 0 aromatic heterocycles. The summed E-state index contributed by atoms with van der Waals surface area (Å²) in [6, 6.07) is 0. The van der Waals surface area contributed by atoms with Crippen LogP contribution in [-0.2, 0) is 0 Å². The zero-order valence-corrected chi connectivity index (χ0v) is 15.1. The Hall–Kier alpha value is -0.0400. The fourth-order valence-corrected chi connectivity index (χ4v) is 3.92. The minimum Gasteiger partial charge on any atom is -0.389 e. The highest BCUT2D eigenvalue weighted by molar-refractivity contribution is 4.96. The molecule has 1 heteroatoms. The van der Waals surface area contributed by atoms with E-state index in [1.54, 1.807) is 0 Å². The molecule has 0 radical (unpaired) electrons. The highest BCUT2D eigenvalue weighted by Crippen LogP contribution is 2.46. The molecule has 1 aliphatic rings. The van der Waals surface area contributed by atoms with Crippen molar-refractivity contribution in [3.63, 3.8) is 0 Å². The molecule has 0 amide bonds. The lowest BCUT2D eigenvalue weighted by Crippen LogP contribution is -2.47. The van der Waals surface area contributed by atoms with Crippen LogP contribution >= 0.6 is 0 Å². The van der Waals surface area contributed by atoms with Crippen molar-refractivity contribution < 1.29 is 5.11 Å². The van der Waals surface area contributed by atoms with Gasteiger partial charge in [0.2, 0.25) is 0 Å². The monoisotopic (exact) mass is 296 g/mol. The minimum atomic E-state index is -0.384. The van der Waals surface area contributed by atoms with E-state index in [-0.39, 0.29) is 11.0 Å². The lowest BCUT2D eigenvalue weighted by atomic mass is 9.63. The Balaban J connectivity index is 2.01. The summed E-state index contributed by atoms with van der Waals surface area (Å²) in [4.78, 5) is 0.